The third-order valence-corrected chi connectivity index (χ3v) is 3.92. The van der Waals surface area contributed by atoms with Crippen LogP contribution in [-0.4, -0.2) is 15.7 Å². The van der Waals surface area contributed by atoms with Crippen LogP contribution in [0.4, 0.5) is 0 Å². The molecule has 0 saturated carbocycles. The monoisotopic (exact) mass is 300 g/mol. The third-order valence-electron chi connectivity index (χ3n) is 3.10. The zero-order valence-electron chi connectivity index (χ0n) is 11.9. The standard InChI is InChI=1S/C16H16N2O2S/c1-11(2)20-13-5-3-12(4-6-13)9-18-10-17-15-14(16(18)19)7-8-21-15/h3-8,10-11H,9H2,1-2H3. The van der Waals surface area contributed by atoms with E-state index in [1.165, 1.54) is 11.3 Å². The molecule has 0 radical (unpaired) electrons. The van der Waals surface area contributed by atoms with Crippen LogP contribution in [-0.2, 0) is 6.54 Å². The van der Waals surface area contributed by atoms with Crippen LogP contribution in [0.15, 0.2) is 46.8 Å². The molecule has 0 atom stereocenters. The number of rotatable bonds is 4. The molecular formula is C16H16N2O2S. The van der Waals surface area contributed by atoms with Crippen molar-refractivity contribution in [2.45, 2.75) is 26.5 Å². The van der Waals surface area contributed by atoms with E-state index >= 15 is 0 Å². The van der Waals surface area contributed by atoms with Gasteiger partial charge in [-0.25, -0.2) is 4.98 Å². The van der Waals surface area contributed by atoms with E-state index in [1.807, 2.05) is 49.6 Å². The maximum absolute atomic E-state index is 12.3. The van der Waals surface area contributed by atoms with Crippen molar-refractivity contribution in [3.05, 3.63) is 58.0 Å². The molecule has 1 aromatic carbocycles. The van der Waals surface area contributed by atoms with Gasteiger partial charge in [0.1, 0.15) is 10.6 Å². The summed E-state index contributed by atoms with van der Waals surface area (Å²) in [4.78, 5) is 17.4. The molecule has 2 aromatic heterocycles. The lowest BCUT2D eigenvalue weighted by Crippen LogP contribution is -2.20. The predicted octanol–water partition coefficient (Wildman–Crippen LogP) is 3.29. The van der Waals surface area contributed by atoms with E-state index in [1.54, 1.807) is 10.9 Å². The molecule has 0 aliphatic carbocycles. The third kappa shape index (κ3) is 2.97. The Kier molecular flexibility index (Phi) is 3.75. The molecule has 0 saturated heterocycles. The van der Waals surface area contributed by atoms with Gasteiger partial charge in [0.25, 0.3) is 5.56 Å². The molecule has 0 aliphatic rings. The van der Waals surface area contributed by atoms with E-state index in [4.69, 9.17) is 4.74 Å². The zero-order valence-corrected chi connectivity index (χ0v) is 12.8. The van der Waals surface area contributed by atoms with Gasteiger partial charge in [-0.15, -0.1) is 11.3 Å². The highest BCUT2D eigenvalue weighted by atomic mass is 32.1. The van der Waals surface area contributed by atoms with Crippen molar-refractivity contribution in [2.24, 2.45) is 0 Å². The molecule has 0 bridgehead atoms. The fourth-order valence-electron chi connectivity index (χ4n) is 2.15. The normalized spacial score (nSPS) is 11.2. The number of benzene rings is 1. The van der Waals surface area contributed by atoms with E-state index in [9.17, 15) is 4.79 Å². The fraction of sp³-hybridized carbons (Fsp3) is 0.250. The Morgan fingerprint density at radius 1 is 1.24 bits per heavy atom. The highest BCUT2D eigenvalue weighted by molar-refractivity contribution is 7.16. The summed E-state index contributed by atoms with van der Waals surface area (Å²) in [7, 11) is 0. The second-order valence-electron chi connectivity index (χ2n) is 5.13. The van der Waals surface area contributed by atoms with Crippen molar-refractivity contribution in [3.8, 4) is 5.75 Å². The quantitative estimate of drug-likeness (QED) is 0.742. The average molecular weight is 300 g/mol. The summed E-state index contributed by atoms with van der Waals surface area (Å²) in [6, 6.07) is 9.63. The van der Waals surface area contributed by atoms with Gasteiger partial charge in [-0.1, -0.05) is 12.1 Å². The van der Waals surface area contributed by atoms with Gasteiger partial charge in [-0.2, -0.15) is 0 Å². The Hall–Kier alpha value is -2.14. The Morgan fingerprint density at radius 2 is 2.00 bits per heavy atom. The number of nitrogens with zero attached hydrogens (tertiary/aromatic N) is 2. The van der Waals surface area contributed by atoms with Crippen LogP contribution in [0.25, 0.3) is 10.2 Å². The number of aromatic nitrogens is 2. The van der Waals surface area contributed by atoms with Crippen molar-refractivity contribution in [1.29, 1.82) is 0 Å². The minimum absolute atomic E-state index is 0.00348. The lowest BCUT2D eigenvalue weighted by molar-refractivity contribution is 0.242. The maximum atomic E-state index is 12.3. The Labute approximate surface area is 126 Å². The first-order valence-corrected chi connectivity index (χ1v) is 7.69. The van der Waals surface area contributed by atoms with Gasteiger partial charge in [0.2, 0.25) is 0 Å². The first kappa shape index (κ1) is 13.8. The van der Waals surface area contributed by atoms with Crippen molar-refractivity contribution >= 4 is 21.6 Å². The average Bonchev–Trinajstić information content (AvgIpc) is 2.93. The summed E-state index contributed by atoms with van der Waals surface area (Å²) in [5.41, 5.74) is 1.05. The smallest absolute Gasteiger partial charge is 0.262 e. The van der Waals surface area contributed by atoms with Gasteiger partial charge in [-0.05, 0) is 43.0 Å². The molecule has 0 N–H and O–H groups in total. The largest absolute Gasteiger partial charge is 0.491 e. The number of hydrogen-bond donors (Lipinski definition) is 0. The van der Waals surface area contributed by atoms with Crippen LogP contribution in [0.5, 0.6) is 5.75 Å². The highest BCUT2D eigenvalue weighted by Gasteiger charge is 2.06. The summed E-state index contributed by atoms with van der Waals surface area (Å²) in [5, 5.41) is 2.57. The molecule has 3 rings (SSSR count). The maximum Gasteiger partial charge on any atom is 0.262 e. The molecule has 0 spiro atoms. The van der Waals surface area contributed by atoms with Crippen molar-refractivity contribution in [3.63, 3.8) is 0 Å². The topological polar surface area (TPSA) is 44.1 Å². The molecule has 0 unspecified atom stereocenters. The molecule has 0 fully saturated rings. The van der Waals surface area contributed by atoms with Gasteiger partial charge >= 0.3 is 0 Å². The molecule has 2 heterocycles. The van der Waals surface area contributed by atoms with Crippen molar-refractivity contribution in [1.82, 2.24) is 9.55 Å². The molecule has 0 amide bonds. The van der Waals surface area contributed by atoms with Crippen molar-refractivity contribution in [2.75, 3.05) is 0 Å². The van der Waals surface area contributed by atoms with Gasteiger partial charge in [0.15, 0.2) is 0 Å². The number of ether oxygens (including phenoxy) is 1. The summed E-state index contributed by atoms with van der Waals surface area (Å²) >= 11 is 1.48. The molecule has 3 aromatic rings. The molecule has 0 aliphatic heterocycles. The summed E-state index contributed by atoms with van der Waals surface area (Å²) < 4.78 is 7.24. The van der Waals surface area contributed by atoms with Crippen LogP contribution >= 0.6 is 11.3 Å². The number of hydrogen-bond acceptors (Lipinski definition) is 4. The van der Waals surface area contributed by atoms with Gasteiger partial charge < -0.3 is 4.74 Å². The first-order chi connectivity index (χ1) is 10.1. The van der Waals surface area contributed by atoms with E-state index in [-0.39, 0.29) is 11.7 Å². The van der Waals surface area contributed by atoms with E-state index in [0.29, 0.717) is 11.9 Å². The van der Waals surface area contributed by atoms with Crippen molar-refractivity contribution < 1.29 is 4.74 Å². The van der Waals surface area contributed by atoms with Crippen LogP contribution < -0.4 is 10.3 Å². The zero-order chi connectivity index (χ0) is 14.8. The van der Waals surface area contributed by atoms with Crippen LogP contribution in [0, 0.1) is 0 Å². The summed E-state index contributed by atoms with van der Waals surface area (Å²) in [5.74, 6) is 0.840. The highest BCUT2D eigenvalue weighted by Crippen LogP contribution is 2.16. The number of fused-ring (bicyclic) bond motifs is 1. The fourth-order valence-corrected chi connectivity index (χ4v) is 2.87. The summed E-state index contributed by atoms with van der Waals surface area (Å²) in [6.45, 7) is 4.50. The lowest BCUT2D eigenvalue weighted by Gasteiger charge is -2.10. The van der Waals surface area contributed by atoms with Gasteiger partial charge in [0.05, 0.1) is 24.4 Å². The van der Waals surface area contributed by atoms with Crippen LogP contribution in [0.3, 0.4) is 0 Å². The second-order valence-corrected chi connectivity index (χ2v) is 6.02. The van der Waals surface area contributed by atoms with Crippen LogP contribution in [0.2, 0.25) is 0 Å². The van der Waals surface area contributed by atoms with Gasteiger partial charge in [-0.3, -0.25) is 9.36 Å². The second kappa shape index (κ2) is 5.69. The Morgan fingerprint density at radius 3 is 2.71 bits per heavy atom. The first-order valence-electron chi connectivity index (χ1n) is 6.82. The van der Waals surface area contributed by atoms with Crippen LogP contribution in [0.1, 0.15) is 19.4 Å². The molecule has 21 heavy (non-hydrogen) atoms. The predicted molar refractivity (Wildman–Crippen MR) is 85.2 cm³/mol. The van der Waals surface area contributed by atoms with E-state index in [0.717, 1.165) is 16.1 Å². The Balaban J connectivity index is 1.84. The lowest BCUT2D eigenvalue weighted by atomic mass is 10.2. The molecule has 108 valence electrons. The Bertz CT molecular complexity index is 803. The molecular weight excluding hydrogens is 284 g/mol. The van der Waals surface area contributed by atoms with E-state index < -0.39 is 0 Å². The minimum atomic E-state index is 0.00348. The molecule has 5 heteroatoms. The summed E-state index contributed by atoms with van der Waals surface area (Å²) in [6.07, 6.45) is 1.77. The SMILES string of the molecule is CC(C)Oc1ccc(Cn2cnc3sccc3c2=O)cc1. The van der Waals surface area contributed by atoms with E-state index in [2.05, 4.69) is 4.98 Å². The molecule has 4 nitrogen and oxygen atoms in total. The minimum Gasteiger partial charge on any atom is -0.491 e. The number of thiophene rings is 1. The van der Waals surface area contributed by atoms with Gasteiger partial charge in [0, 0.05) is 0 Å².